The van der Waals surface area contributed by atoms with E-state index in [1.165, 1.54) is 25.8 Å². The Kier molecular flexibility index (Phi) is 4.08. The van der Waals surface area contributed by atoms with E-state index in [0.717, 1.165) is 18.9 Å². The van der Waals surface area contributed by atoms with Gasteiger partial charge in [-0.15, -0.1) is 11.8 Å². The summed E-state index contributed by atoms with van der Waals surface area (Å²) in [6, 6.07) is 0. The molecule has 0 aliphatic heterocycles. The standard InChI is InChI=1S/C10H17N/c1-2-3-4-8-11-9-10-6-5-7-10/h10-11H,4-9H2,1H3. The van der Waals surface area contributed by atoms with E-state index in [0.29, 0.717) is 0 Å². The Hall–Kier alpha value is -0.480. The summed E-state index contributed by atoms with van der Waals surface area (Å²) in [6.07, 6.45) is 5.32. The van der Waals surface area contributed by atoms with Gasteiger partial charge >= 0.3 is 0 Å². The summed E-state index contributed by atoms with van der Waals surface area (Å²) in [7, 11) is 0. The Balaban J connectivity index is 1.82. The molecule has 0 aromatic rings. The van der Waals surface area contributed by atoms with Crippen LogP contribution in [0.3, 0.4) is 0 Å². The lowest BCUT2D eigenvalue weighted by atomic mass is 9.85. The van der Waals surface area contributed by atoms with Gasteiger partial charge in [-0.2, -0.15) is 0 Å². The highest BCUT2D eigenvalue weighted by atomic mass is 14.9. The third-order valence-corrected chi connectivity index (χ3v) is 2.26. The van der Waals surface area contributed by atoms with E-state index in [2.05, 4.69) is 17.2 Å². The molecule has 62 valence electrons. The predicted octanol–water partition coefficient (Wildman–Crippen LogP) is 1.79. The van der Waals surface area contributed by atoms with Gasteiger partial charge in [0, 0.05) is 13.0 Å². The molecule has 0 heterocycles. The van der Waals surface area contributed by atoms with Gasteiger partial charge in [-0.3, -0.25) is 0 Å². The van der Waals surface area contributed by atoms with Crippen LogP contribution in [0.4, 0.5) is 0 Å². The van der Waals surface area contributed by atoms with E-state index in [1.807, 2.05) is 6.92 Å². The second-order valence-electron chi connectivity index (χ2n) is 3.18. The van der Waals surface area contributed by atoms with E-state index >= 15 is 0 Å². The first-order valence-electron chi connectivity index (χ1n) is 4.54. The fourth-order valence-corrected chi connectivity index (χ4v) is 1.28. The minimum absolute atomic E-state index is 0.976. The lowest BCUT2D eigenvalue weighted by Crippen LogP contribution is -2.27. The molecule has 11 heavy (non-hydrogen) atoms. The lowest BCUT2D eigenvalue weighted by molar-refractivity contribution is 0.303. The Bertz CT molecular complexity index is 148. The van der Waals surface area contributed by atoms with Crippen molar-refractivity contribution < 1.29 is 0 Å². The summed E-state index contributed by atoms with van der Waals surface area (Å²) < 4.78 is 0. The third kappa shape index (κ3) is 3.43. The van der Waals surface area contributed by atoms with Crippen molar-refractivity contribution in [2.75, 3.05) is 13.1 Å². The average Bonchev–Trinajstić information content (AvgIpc) is 1.93. The number of hydrogen-bond donors (Lipinski definition) is 1. The number of rotatable bonds is 4. The van der Waals surface area contributed by atoms with Crippen LogP contribution in [-0.4, -0.2) is 13.1 Å². The second-order valence-corrected chi connectivity index (χ2v) is 3.18. The quantitative estimate of drug-likeness (QED) is 0.477. The van der Waals surface area contributed by atoms with Gasteiger partial charge in [0.15, 0.2) is 0 Å². The van der Waals surface area contributed by atoms with Gasteiger partial charge in [0.25, 0.3) is 0 Å². The zero-order valence-electron chi connectivity index (χ0n) is 7.32. The smallest absolute Gasteiger partial charge is 0.0214 e. The molecule has 0 saturated heterocycles. The molecule has 0 aromatic carbocycles. The molecule has 1 nitrogen and oxygen atoms in total. The van der Waals surface area contributed by atoms with Gasteiger partial charge in [-0.25, -0.2) is 0 Å². The van der Waals surface area contributed by atoms with E-state index in [-0.39, 0.29) is 0 Å². The predicted molar refractivity (Wildman–Crippen MR) is 48.3 cm³/mol. The fourth-order valence-electron chi connectivity index (χ4n) is 1.28. The van der Waals surface area contributed by atoms with E-state index in [4.69, 9.17) is 0 Å². The van der Waals surface area contributed by atoms with Gasteiger partial charge in [0.2, 0.25) is 0 Å². The van der Waals surface area contributed by atoms with E-state index in [1.54, 1.807) is 0 Å². The van der Waals surface area contributed by atoms with Crippen molar-refractivity contribution in [2.45, 2.75) is 32.6 Å². The molecule has 1 heteroatoms. The number of nitrogens with one attached hydrogen (secondary N) is 1. The molecule has 0 unspecified atom stereocenters. The molecule has 0 aromatic heterocycles. The molecule has 1 aliphatic carbocycles. The molecule has 1 rings (SSSR count). The normalized spacial score (nSPS) is 16.8. The van der Waals surface area contributed by atoms with Crippen molar-refractivity contribution in [3.8, 4) is 11.8 Å². The molecular formula is C10H17N. The first kappa shape index (κ1) is 8.62. The van der Waals surface area contributed by atoms with Crippen LogP contribution >= 0.6 is 0 Å². The van der Waals surface area contributed by atoms with Gasteiger partial charge < -0.3 is 5.32 Å². The van der Waals surface area contributed by atoms with Crippen LogP contribution in [0.1, 0.15) is 32.6 Å². The Morgan fingerprint density at radius 2 is 2.27 bits per heavy atom. The van der Waals surface area contributed by atoms with Crippen LogP contribution in [0.15, 0.2) is 0 Å². The molecule has 1 saturated carbocycles. The van der Waals surface area contributed by atoms with E-state index in [9.17, 15) is 0 Å². The van der Waals surface area contributed by atoms with Crippen molar-refractivity contribution in [3.63, 3.8) is 0 Å². The van der Waals surface area contributed by atoms with Crippen LogP contribution in [0.2, 0.25) is 0 Å². The number of hydrogen-bond acceptors (Lipinski definition) is 1. The van der Waals surface area contributed by atoms with Gasteiger partial charge in [-0.1, -0.05) is 6.42 Å². The molecule has 1 fully saturated rings. The van der Waals surface area contributed by atoms with Gasteiger partial charge in [-0.05, 0) is 32.2 Å². The van der Waals surface area contributed by atoms with Crippen LogP contribution in [0.5, 0.6) is 0 Å². The summed E-state index contributed by atoms with van der Waals surface area (Å²) in [5.74, 6) is 6.92. The highest BCUT2D eigenvalue weighted by molar-refractivity contribution is 4.95. The minimum Gasteiger partial charge on any atom is -0.316 e. The van der Waals surface area contributed by atoms with Crippen molar-refractivity contribution in [1.82, 2.24) is 5.32 Å². The molecule has 0 radical (unpaired) electrons. The van der Waals surface area contributed by atoms with Crippen molar-refractivity contribution in [1.29, 1.82) is 0 Å². The lowest BCUT2D eigenvalue weighted by Gasteiger charge is -2.25. The molecule has 0 amide bonds. The maximum atomic E-state index is 3.42. The largest absolute Gasteiger partial charge is 0.316 e. The minimum atomic E-state index is 0.976. The maximum Gasteiger partial charge on any atom is 0.0214 e. The monoisotopic (exact) mass is 151 g/mol. The highest BCUT2D eigenvalue weighted by Crippen LogP contribution is 2.24. The summed E-state index contributed by atoms with van der Waals surface area (Å²) in [5.41, 5.74) is 0. The van der Waals surface area contributed by atoms with E-state index < -0.39 is 0 Å². The highest BCUT2D eigenvalue weighted by Gasteiger charge is 2.15. The summed E-state index contributed by atoms with van der Waals surface area (Å²) in [4.78, 5) is 0. The molecule has 0 bridgehead atoms. The second kappa shape index (κ2) is 5.21. The van der Waals surface area contributed by atoms with Crippen LogP contribution in [0.25, 0.3) is 0 Å². The fraction of sp³-hybridized carbons (Fsp3) is 0.800. The first-order chi connectivity index (χ1) is 5.43. The first-order valence-corrected chi connectivity index (χ1v) is 4.54. The van der Waals surface area contributed by atoms with Crippen LogP contribution in [-0.2, 0) is 0 Å². The molecular weight excluding hydrogens is 134 g/mol. The van der Waals surface area contributed by atoms with Crippen LogP contribution in [0, 0.1) is 17.8 Å². The summed E-state index contributed by atoms with van der Waals surface area (Å²) in [5, 5.41) is 3.42. The molecule has 0 spiro atoms. The molecule has 1 aliphatic rings. The zero-order valence-corrected chi connectivity index (χ0v) is 7.32. The average molecular weight is 151 g/mol. The molecule has 1 N–H and O–H groups in total. The van der Waals surface area contributed by atoms with Gasteiger partial charge in [0.05, 0.1) is 0 Å². The topological polar surface area (TPSA) is 12.0 Å². The Morgan fingerprint density at radius 3 is 2.82 bits per heavy atom. The maximum absolute atomic E-state index is 3.42. The van der Waals surface area contributed by atoms with Crippen LogP contribution < -0.4 is 5.32 Å². The Labute approximate surface area is 69.6 Å². The van der Waals surface area contributed by atoms with Crippen molar-refractivity contribution >= 4 is 0 Å². The molecule has 0 atom stereocenters. The van der Waals surface area contributed by atoms with Crippen molar-refractivity contribution in [2.24, 2.45) is 5.92 Å². The van der Waals surface area contributed by atoms with Crippen molar-refractivity contribution in [3.05, 3.63) is 0 Å². The van der Waals surface area contributed by atoms with Gasteiger partial charge in [0.1, 0.15) is 0 Å². The third-order valence-electron chi connectivity index (χ3n) is 2.26. The zero-order chi connectivity index (χ0) is 7.94. The summed E-state index contributed by atoms with van der Waals surface area (Å²) in [6.45, 7) is 4.18. The SMILES string of the molecule is CC#CCCNCC1CCC1. The Morgan fingerprint density at radius 1 is 1.45 bits per heavy atom. The summed E-state index contributed by atoms with van der Waals surface area (Å²) >= 11 is 0.